The van der Waals surface area contributed by atoms with E-state index in [4.69, 9.17) is 22.3 Å². The molecule has 3 heterocycles. The van der Waals surface area contributed by atoms with Crippen molar-refractivity contribution in [2.75, 3.05) is 11.1 Å². The van der Waals surface area contributed by atoms with Crippen LogP contribution in [0.2, 0.25) is 5.02 Å². The lowest BCUT2D eigenvalue weighted by atomic mass is 10.1. The number of nitrogens with zero attached hydrogens (tertiary/aromatic N) is 7. The molecule has 176 valence electrons. The number of hydrogen-bond donors (Lipinski definition) is 2. The number of para-hydroxylation sites is 1. The molecule has 5 aromatic rings. The molecule has 5 rings (SSSR count). The summed E-state index contributed by atoms with van der Waals surface area (Å²) >= 11 is 6.41. The van der Waals surface area contributed by atoms with Crippen LogP contribution in [0.25, 0.3) is 28.0 Å². The van der Waals surface area contributed by atoms with E-state index in [1.54, 1.807) is 34.5 Å². The summed E-state index contributed by atoms with van der Waals surface area (Å²) in [6.07, 6.45) is 3.40. The molecule has 0 aliphatic heterocycles. The van der Waals surface area contributed by atoms with Gasteiger partial charge in [-0.3, -0.25) is 9.36 Å². The van der Waals surface area contributed by atoms with E-state index in [1.165, 1.54) is 12.7 Å². The Bertz CT molecular complexity index is 1580. The van der Waals surface area contributed by atoms with Crippen molar-refractivity contribution in [3.05, 3.63) is 82.4 Å². The number of aromatic nitrogens is 7. The number of fused-ring (bicyclic) bond motifs is 1. The molecule has 2 aromatic carbocycles. The Labute approximate surface area is 205 Å². The monoisotopic (exact) mass is 487 g/mol. The number of halogens is 1. The fraction of sp³-hybridized carbons (Fsp3) is 0.167. The molecule has 0 saturated heterocycles. The van der Waals surface area contributed by atoms with Crippen molar-refractivity contribution in [3.63, 3.8) is 0 Å². The first-order chi connectivity index (χ1) is 17.0. The fourth-order valence-electron chi connectivity index (χ4n) is 4.03. The molecule has 35 heavy (non-hydrogen) atoms. The van der Waals surface area contributed by atoms with E-state index >= 15 is 0 Å². The fourth-order valence-corrected chi connectivity index (χ4v) is 4.28. The summed E-state index contributed by atoms with van der Waals surface area (Å²) in [5, 5.41) is 8.27. The van der Waals surface area contributed by atoms with Crippen molar-refractivity contribution >= 4 is 34.1 Å². The van der Waals surface area contributed by atoms with Crippen LogP contribution in [0.5, 0.6) is 0 Å². The number of aryl methyl sites for hydroxylation is 1. The Morgan fingerprint density at radius 1 is 1.06 bits per heavy atom. The summed E-state index contributed by atoms with van der Waals surface area (Å²) in [5.41, 5.74) is 7.67. The van der Waals surface area contributed by atoms with Crippen LogP contribution >= 0.6 is 11.6 Å². The van der Waals surface area contributed by atoms with Crippen LogP contribution in [0, 0.1) is 0 Å². The SMILES string of the molecule is CC[C@H](Nc1ncnc(N)c1-c1ncnn1C)c1nc2cccc(Cl)c2c(=O)n1-c1ccccc1. The van der Waals surface area contributed by atoms with Gasteiger partial charge in [0.15, 0.2) is 5.82 Å². The number of rotatable bonds is 6. The Balaban J connectivity index is 1.72. The van der Waals surface area contributed by atoms with Crippen LogP contribution in [-0.4, -0.2) is 34.3 Å². The van der Waals surface area contributed by atoms with Crippen LogP contribution in [0.15, 0.2) is 66.0 Å². The topological polar surface area (TPSA) is 129 Å². The largest absolute Gasteiger partial charge is 0.383 e. The first-order valence-corrected chi connectivity index (χ1v) is 11.3. The van der Waals surface area contributed by atoms with E-state index in [0.717, 1.165) is 0 Å². The molecule has 3 aromatic heterocycles. The highest BCUT2D eigenvalue weighted by molar-refractivity contribution is 6.35. The first kappa shape index (κ1) is 22.5. The van der Waals surface area contributed by atoms with Crippen molar-refractivity contribution in [1.29, 1.82) is 0 Å². The molecule has 1 atom stereocenters. The standard InChI is InChI=1S/C24H22ClN9O/c1-3-16(31-21-19(20(26)27-12-28-21)23-29-13-30-33(23)2)22-32-17-11-7-10-15(25)18(17)24(35)34(22)14-8-5-4-6-9-14/h4-13,16H,3H2,1-2H3,(H3,26,27,28,31)/t16-/m0/s1. The molecular weight excluding hydrogens is 466 g/mol. The summed E-state index contributed by atoms with van der Waals surface area (Å²) in [4.78, 5) is 31.5. The third-order valence-electron chi connectivity index (χ3n) is 5.73. The summed E-state index contributed by atoms with van der Waals surface area (Å²) in [6, 6.07) is 14.2. The quantitative estimate of drug-likeness (QED) is 0.370. The lowest BCUT2D eigenvalue weighted by Crippen LogP contribution is -2.28. The average molecular weight is 488 g/mol. The summed E-state index contributed by atoms with van der Waals surface area (Å²) in [7, 11) is 1.76. The predicted molar refractivity (Wildman–Crippen MR) is 135 cm³/mol. The number of anilines is 2. The second-order valence-corrected chi connectivity index (χ2v) is 8.28. The molecule has 0 amide bonds. The molecular formula is C24H22ClN9O. The minimum absolute atomic E-state index is 0.252. The molecule has 0 spiro atoms. The normalized spacial score (nSPS) is 12.1. The van der Waals surface area contributed by atoms with E-state index in [0.29, 0.717) is 51.1 Å². The van der Waals surface area contributed by atoms with Gasteiger partial charge in [0.1, 0.15) is 35.7 Å². The van der Waals surface area contributed by atoms with Crippen molar-refractivity contribution < 1.29 is 0 Å². The van der Waals surface area contributed by atoms with Gasteiger partial charge in [-0.15, -0.1) is 0 Å². The maximum Gasteiger partial charge on any atom is 0.267 e. The number of nitrogens with two attached hydrogens (primary N) is 1. The van der Waals surface area contributed by atoms with Crippen LogP contribution in [0.3, 0.4) is 0 Å². The molecule has 0 radical (unpaired) electrons. The number of benzene rings is 2. The second kappa shape index (κ2) is 9.15. The predicted octanol–water partition coefficient (Wildman–Crippen LogP) is 3.77. The first-order valence-electron chi connectivity index (χ1n) is 11.0. The Hall–Kier alpha value is -4.31. The zero-order chi connectivity index (χ0) is 24.5. The number of hydrogen-bond acceptors (Lipinski definition) is 8. The Morgan fingerprint density at radius 3 is 2.57 bits per heavy atom. The second-order valence-electron chi connectivity index (χ2n) is 7.88. The van der Waals surface area contributed by atoms with E-state index in [2.05, 4.69) is 25.4 Å². The average Bonchev–Trinajstić information content (AvgIpc) is 3.28. The molecule has 0 bridgehead atoms. The van der Waals surface area contributed by atoms with Gasteiger partial charge in [0.25, 0.3) is 5.56 Å². The minimum atomic E-state index is -0.410. The van der Waals surface area contributed by atoms with E-state index in [9.17, 15) is 4.79 Å². The van der Waals surface area contributed by atoms with E-state index in [1.807, 2.05) is 37.3 Å². The highest BCUT2D eigenvalue weighted by Gasteiger charge is 2.24. The van der Waals surface area contributed by atoms with Gasteiger partial charge >= 0.3 is 0 Å². The van der Waals surface area contributed by atoms with Crippen molar-refractivity contribution in [1.82, 2.24) is 34.3 Å². The maximum absolute atomic E-state index is 13.7. The smallest absolute Gasteiger partial charge is 0.267 e. The molecule has 10 nitrogen and oxygen atoms in total. The zero-order valence-corrected chi connectivity index (χ0v) is 19.8. The van der Waals surface area contributed by atoms with Gasteiger partial charge in [-0.2, -0.15) is 5.10 Å². The summed E-state index contributed by atoms with van der Waals surface area (Å²) in [6.45, 7) is 1.99. The van der Waals surface area contributed by atoms with Gasteiger partial charge in [0, 0.05) is 7.05 Å². The lowest BCUT2D eigenvalue weighted by Gasteiger charge is -2.23. The molecule has 0 fully saturated rings. The lowest BCUT2D eigenvalue weighted by molar-refractivity contribution is 0.658. The van der Waals surface area contributed by atoms with Gasteiger partial charge < -0.3 is 11.1 Å². The maximum atomic E-state index is 13.7. The molecule has 0 unspecified atom stereocenters. The summed E-state index contributed by atoms with van der Waals surface area (Å²) in [5.74, 6) is 1.74. The van der Waals surface area contributed by atoms with Gasteiger partial charge in [-0.05, 0) is 30.7 Å². The Morgan fingerprint density at radius 2 is 1.86 bits per heavy atom. The molecule has 11 heteroatoms. The van der Waals surface area contributed by atoms with Crippen molar-refractivity contribution in [3.8, 4) is 17.1 Å². The molecule has 0 saturated carbocycles. The highest BCUT2D eigenvalue weighted by Crippen LogP contribution is 2.32. The van der Waals surface area contributed by atoms with Crippen LogP contribution < -0.4 is 16.6 Å². The summed E-state index contributed by atoms with van der Waals surface area (Å²) < 4.78 is 3.18. The Kier molecular flexibility index (Phi) is 5.87. The molecule has 0 aliphatic rings. The zero-order valence-electron chi connectivity index (χ0n) is 19.1. The van der Waals surface area contributed by atoms with Gasteiger partial charge in [0.2, 0.25) is 0 Å². The number of nitrogen functional groups attached to an aromatic ring is 1. The van der Waals surface area contributed by atoms with Crippen LogP contribution in [0.4, 0.5) is 11.6 Å². The van der Waals surface area contributed by atoms with Gasteiger partial charge in [0.05, 0.1) is 27.7 Å². The third-order valence-corrected chi connectivity index (χ3v) is 6.04. The minimum Gasteiger partial charge on any atom is -0.383 e. The van der Waals surface area contributed by atoms with Crippen molar-refractivity contribution in [2.24, 2.45) is 7.05 Å². The highest BCUT2D eigenvalue weighted by atomic mass is 35.5. The third kappa shape index (κ3) is 3.97. The molecule has 0 aliphatic carbocycles. The van der Waals surface area contributed by atoms with Crippen molar-refractivity contribution in [2.45, 2.75) is 19.4 Å². The van der Waals surface area contributed by atoms with E-state index in [-0.39, 0.29) is 11.4 Å². The van der Waals surface area contributed by atoms with Crippen LogP contribution in [-0.2, 0) is 7.05 Å². The number of nitrogens with one attached hydrogen (secondary N) is 1. The van der Waals surface area contributed by atoms with E-state index < -0.39 is 6.04 Å². The van der Waals surface area contributed by atoms with Gasteiger partial charge in [-0.25, -0.2) is 24.6 Å². The van der Waals surface area contributed by atoms with Crippen LogP contribution in [0.1, 0.15) is 25.2 Å². The van der Waals surface area contributed by atoms with Gasteiger partial charge in [-0.1, -0.05) is 42.8 Å². The molecule has 3 N–H and O–H groups in total.